The number of hydrogen-bond donors (Lipinski definition) is 0. The molecule has 0 heterocycles. The van der Waals surface area contributed by atoms with Crippen LogP contribution in [0.1, 0.15) is 22.3 Å². The summed E-state index contributed by atoms with van der Waals surface area (Å²) in [7, 11) is 0. The van der Waals surface area contributed by atoms with Crippen LogP contribution in [0.2, 0.25) is 0 Å². The fraction of sp³-hybridized carbons (Fsp3) is 0.0455. The predicted molar refractivity (Wildman–Crippen MR) is 93.6 cm³/mol. The van der Waals surface area contributed by atoms with Gasteiger partial charge in [-0.1, -0.05) is 47.7 Å². The number of hydrogen-bond acceptors (Lipinski definition) is 1. The van der Waals surface area contributed by atoms with Crippen molar-refractivity contribution >= 4 is 0 Å². The van der Waals surface area contributed by atoms with E-state index in [1.165, 1.54) is 18.2 Å². The van der Waals surface area contributed by atoms with Crippen molar-refractivity contribution in [3.05, 3.63) is 94.3 Å². The number of halogens is 3. The zero-order chi connectivity index (χ0) is 18.7. The van der Waals surface area contributed by atoms with E-state index >= 15 is 0 Å². The fourth-order valence-corrected chi connectivity index (χ4v) is 2.43. The van der Waals surface area contributed by atoms with Gasteiger partial charge in [-0.25, -0.2) is 13.2 Å². The van der Waals surface area contributed by atoms with E-state index in [-0.39, 0.29) is 11.1 Å². The largest absolute Gasteiger partial charge is 0.206 e. The van der Waals surface area contributed by atoms with Crippen molar-refractivity contribution in [2.24, 2.45) is 0 Å². The summed E-state index contributed by atoms with van der Waals surface area (Å²) in [4.78, 5) is 0. The Hall–Kier alpha value is -3.50. The SMILES string of the molecule is Cc1ccc(-c2ccc(C#Cc3cc(F)c(C#N)c(F)c3)c(F)c2)cc1. The van der Waals surface area contributed by atoms with Crippen LogP contribution in [0.5, 0.6) is 0 Å². The molecule has 1 nitrogen and oxygen atoms in total. The summed E-state index contributed by atoms with van der Waals surface area (Å²) in [5, 5.41) is 8.65. The van der Waals surface area contributed by atoms with Gasteiger partial charge >= 0.3 is 0 Å². The van der Waals surface area contributed by atoms with Crippen LogP contribution in [0.4, 0.5) is 13.2 Å². The van der Waals surface area contributed by atoms with Gasteiger partial charge in [-0.15, -0.1) is 0 Å². The molecule has 0 saturated carbocycles. The third kappa shape index (κ3) is 3.61. The van der Waals surface area contributed by atoms with Crippen LogP contribution >= 0.6 is 0 Å². The first-order chi connectivity index (χ1) is 12.5. The predicted octanol–water partition coefficient (Wildman–Crippen LogP) is 5.35. The van der Waals surface area contributed by atoms with E-state index < -0.39 is 23.0 Å². The summed E-state index contributed by atoms with van der Waals surface area (Å²) < 4.78 is 41.5. The molecule has 0 unspecified atom stereocenters. The quantitative estimate of drug-likeness (QED) is 0.544. The molecule has 0 atom stereocenters. The van der Waals surface area contributed by atoms with E-state index in [1.807, 2.05) is 31.2 Å². The van der Waals surface area contributed by atoms with Crippen LogP contribution in [0, 0.1) is 47.5 Å². The van der Waals surface area contributed by atoms with Gasteiger partial charge in [0.2, 0.25) is 0 Å². The van der Waals surface area contributed by atoms with Gasteiger partial charge < -0.3 is 0 Å². The molecule has 26 heavy (non-hydrogen) atoms. The van der Waals surface area contributed by atoms with Crippen molar-refractivity contribution in [3.8, 4) is 29.0 Å². The van der Waals surface area contributed by atoms with E-state index in [0.29, 0.717) is 5.56 Å². The Morgan fingerprint density at radius 2 is 1.35 bits per heavy atom. The zero-order valence-corrected chi connectivity index (χ0v) is 13.8. The lowest BCUT2D eigenvalue weighted by molar-refractivity contribution is 0.576. The number of nitrogens with zero attached hydrogens (tertiary/aromatic N) is 1. The van der Waals surface area contributed by atoms with Crippen LogP contribution in [0.15, 0.2) is 54.6 Å². The van der Waals surface area contributed by atoms with Crippen LogP contribution in [0.3, 0.4) is 0 Å². The van der Waals surface area contributed by atoms with E-state index in [1.54, 1.807) is 6.07 Å². The van der Waals surface area contributed by atoms with E-state index in [9.17, 15) is 13.2 Å². The molecule has 0 saturated heterocycles. The maximum absolute atomic E-state index is 14.3. The Morgan fingerprint density at radius 3 is 1.92 bits per heavy atom. The molecule has 0 spiro atoms. The van der Waals surface area contributed by atoms with Gasteiger partial charge in [0.25, 0.3) is 0 Å². The monoisotopic (exact) mass is 347 g/mol. The van der Waals surface area contributed by atoms with E-state index in [0.717, 1.165) is 23.3 Å². The standard InChI is InChI=1S/C22H12F3N/c1-14-2-5-16(6-3-14)18-9-8-17(20(23)12-18)7-4-15-10-21(24)19(13-26)22(25)11-15/h2-3,5-6,8-12H,1H3. The lowest BCUT2D eigenvalue weighted by Crippen LogP contribution is -1.92. The summed E-state index contributed by atoms with van der Waals surface area (Å²) in [5.41, 5.74) is 2.18. The molecule has 0 N–H and O–H groups in total. The van der Waals surface area contributed by atoms with Gasteiger partial charge in [-0.2, -0.15) is 5.26 Å². The molecule has 3 rings (SSSR count). The van der Waals surface area contributed by atoms with Crippen molar-refractivity contribution in [1.82, 2.24) is 0 Å². The Kier molecular flexibility index (Phi) is 4.78. The lowest BCUT2D eigenvalue weighted by Gasteiger charge is -2.04. The minimum absolute atomic E-state index is 0.0287. The van der Waals surface area contributed by atoms with Crippen LogP contribution in [-0.4, -0.2) is 0 Å². The van der Waals surface area contributed by atoms with Crippen molar-refractivity contribution in [1.29, 1.82) is 5.26 Å². The minimum atomic E-state index is -0.994. The van der Waals surface area contributed by atoms with E-state index in [2.05, 4.69) is 11.8 Å². The van der Waals surface area contributed by atoms with Gasteiger partial charge in [0.05, 0.1) is 5.56 Å². The Labute approximate surface area is 149 Å². The average Bonchev–Trinajstić information content (AvgIpc) is 2.61. The molecule has 4 heteroatoms. The van der Waals surface area contributed by atoms with Crippen molar-refractivity contribution < 1.29 is 13.2 Å². The summed E-state index contributed by atoms with van der Waals surface area (Å²) >= 11 is 0. The molecule has 0 amide bonds. The van der Waals surface area contributed by atoms with Crippen molar-refractivity contribution in [3.63, 3.8) is 0 Å². The third-order valence-electron chi connectivity index (χ3n) is 3.85. The highest BCUT2D eigenvalue weighted by Crippen LogP contribution is 2.22. The third-order valence-corrected chi connectivity index (χ3v) is 3.85. The molecule has 0 bridgehead atoms. The number of nitriles is 1. The highest BCUT2D eigenvalue weighted by molar-refractivity contribution is 5.65. The first-order valence-corrected chi connectivity index (χ1v) is 7.75. The van der Waals surface area contributed by atoms with Gasteiger partial charge in [-0.3, -0.25) is 0 Å². The van der Waals surface area contributed by atoms with Crippen LogP contribution < -0.4 is 0 Å². The van der Waals surface area contributed by atoms with Crippen molar-refractivity contribution in [2.75, 3.05) is 0 Å². The number of benzene rings is 3. The smallest absolute Gasteiger partial charge is 0.145 e. The van der Waals surface area contributed by atoms with Gasteiger partial charge in [0.1, 0.15) is 29.1 Å². The number of rotatable bonds is 1. The summed E-state index contributed by atoms with van der Waals surface area (Å²) in [6.45, 7) is 1.97. The zero-order valence-electron chi connectivity index (χ0n) is 13.8. The first-order valence-electron chi connectivity index (χ1n) is 7.75. The maximum atomic E-state index is 14.3. The van der Waals surface area contributed by atoms with Crippen LogP contribution in [-0.2, 0) is 0 Å². The molecule has 0 aliphatic carbocycles. The molecule has 0 aromatic heterocycles. The molecule has 0 aliphatic rings. The van der Waals surface area contributed by atoms with Gasteiger partial charge in [0.15, 0.2) is 0 Å². The highest BCUT2D eigenvalue weighted by atomic mass is 19.1. The average molecular weight is 347 g/mol. The van der Waals surface area contributed by atoms with Gasteiger partial charge in [-0.05, 0) is 42.3 Å². The van der Waals surface area contributed by atoms with E-state index in [4.69, 9.17) is 5.26 Å². The lowest BCUT2D eigenvalue weighted by atomic mass is 10.0. The second kappa shape index (κ2) is 7.17. The molecule has 3 aromatic carbocycles. The van der Waals surface area contributed by atoms with Crippen molar-refractivity contribution in [2.45, 2.75) is 6.92 Å². The summed E-state index contributed by atoms with van der Waals surface area (Å²) in [6.07, 6.45) is 0. The molecular formula is C22H12F3N. The fourth-order valence-electron chi connectivity index (χ4n) is 2.43. The highest BCUT2D eigenvalue weighted by Gasteiger charge is 2.09. The Morgan fingerprint density at radius 1 is 0.731 bits per heavy atom. The second-order valence-corrected chi connectivity index (χ2v) is 5.74. The molecule has 0 radical (unpaired) electrons. The summed E-state index contributed by atoms with van der Waals surface area (Å²) in [5.74, 6) is 2.58. The molecule has 0 fully saturated rings. The number of aryl methyl sites for hydroxylation is 1. The Bertz CT molecular complexity index is 1060. The second-order valence-electron chi connectivity index (χ2n) is 5.74. The molecule has 0 aliphatic heterocycles. The summed E-state index contributed by atoms with van der Waals surface area (Å²) in [6, 6.07) is 15.6. The minimum Gasteiger partial charge on any atom is -0.206 e. The normalized spacial score (nSPS) is 9.96. The first kappa shape index (κ1) is 17.3. The molecule has 3 aromatic rings. The van der Waals surface area contributed by atoms with Gasteiger partial charge in [0, 0.05) is 5.56 Å². The maximum Gasteiger partial charge on any atom is 0.145 e. The molecule has 126 valence electrons. The van der Waals surface area contributed by atoms with Crippen LogP contribution in [0.25, 0.3) is 11.1 Å². The molecular weight excluding hydrogens is 335 g/mol. The topological polar surface area (TPSA) is 23.8 Å². The Balaban J connectivity index is 1.92.